The molecule has 0 saturated carbocycles. The number of β-amino-alcohol motifs (C(OH)–C–C–N with tert-alkyl or cyclic N) is 1. The standard InChI is InChI=1S/C9H11N3O4S/c13-5-3-6(7(14)15)12(4-5)9(16)11-8-10-1-2-17-8/h1-2,5-6,13H,3-4H2,(H,14,15)(H,10,11,16)/t5?,6-/m0/s1. The average Bonchev–Trinajstić information content (AvgIpc) is 2.86. The number of aliphatic hydroxyl groups is 1. The third-order valence-electron chi connectivity index (χ3n) is 2.47. The summed E-state index contributed by atoms with van der Waals surface area (Å²) in [6.07, 6.45) is 0.798. The van der Waals surface area contributed by atoms with E-state index < -0.39 is 24.1 Å². The molecule has 1 fully saturated rings. The predicted molar refractivity (Wildman–Crippen MR) is 59.9 cm³/mol. The molecule has 2 heterocycles. The second-order valence-corrected chi connectivity index (χ2v) is 4.56. The number of carbonyl (C=O) groups excluding carboxylic acids is 1. The number of urea groups is 1. The number of anilines is 1. The average molecular weight is 257 g/mol. The van der Waals surface area contributed by atoms with Gasteiger partial charge >= 0.3 is 12.0 Å². The van der Waals surface area contributed by atoms with Gasteiger partial charge in [-0.3, -0.25) is 5.32 Å². The molecule has 0 spiro atoms. The number of carbonyl (C=O) groups is 2. The van der Waals surface area contributed by atoms with Gasteiger partial charge in [0, 0.05) is 24.5 Å². The normalized spacial score (nSPS) is 23.7. The Bertz CT molecular complexity index is 422. The van der Waals surface area contributed by atoms with Crippen molar-refractivity contribution in [3.63, 3.8) is 0 Å². The number of nitrogens with zero attached hydrogens (tertiary/aromatic N) is 2. The van der Waals surface area contributed by atoms with Gasteiger partial charge < -0.3 is 15.1 Å². The Balaban J connectivity index is 2.05. The van der Waals surface area contributed by atoms with Crippen molar-refractivity contribution in [2.45, 2.75) is 18.6 Å². The van der Waals surface area contributed by atoms with Crippen molar-refractivity contribution in [2.24, 2.45) is 0 Å². The van der Waals surface area contributed by atoms with Gasteiger partial charge in [0.2, 0.25) is 0 Å². The lowest BCUT2D eigenvalue weighted by Gasteiger charge is -2.20. The number of amides is 2. The molecule has 1 aliphatic heterocycles. The monoisotopic (exact) mass is 257 g/mol. The molecule has 1 aromatic rings. The van der Waals surface area contributed by atoms with Crippen LogP contribution in [0.2, 0.25) is 0 Å². The summed E-state index contributed by atoms with van der Waals surface area (Å²) in [6.45, 7) is 0.0220. The minimum atomic E-state index is -1.11. The smallest absolute Gasteiger partial charge is 0.326 e. The Morgan fingerprint density at radius 3 is 2.94 bits per heavy atom. The highest BCUT2D eigenvalue weighted by atomic mass is 32.1. The lowest BCUT2D eigenvalue weighted by molar-refractivity contribution is -0.141. The van der Waals surface area contributed by atoms with Crippen LogP contribution in [0.1, 0.15) is 6.42 Å². The van der Waals surface area contributed by atoms with Crippen LogP contribution >= 0.6 is 11.3 Å². The van der Waals surface area contributed by atoms with E-state index in [-0.39, 0.29) is 13.0 Å². The molecular weight excluding hydrogens is 246 g/mol. The van der Waals surface area contributed by atoms with E-state index in [2.05, 4.69) is 10.3 Å². The van der Waals surface area contributed by atoms with E-state index in [1.54, 1.807) is 5.38 Å². The molecule has 2 atom stereocenters. The minimum Gasteiger partial charge on any atom is -0.480 e. The molecular formula is C9H11N3O4S. The van der Waals surface area contributed by atoms with Gasteiger partial charge in [-0.1, -0.05) is 0 Å². The third kappa shape index (κ3) is 2.53. The fourth-order valence-electron chi connectivity index (χ4n) is 1.72. The Labute approximate surface area is 101 Å². The number of rotatable bonds is 2. The topological polar surface area (TPSA) is 103 Å². The van der Waals surface area contributed by atoms with Gasteiger partial charge in [0.15, 0.2) is 5.13 Å². The van der Waals surface area contributed by atoms with Gasteiger partial charge in [-0.2, -0.15) is 0 Å². The number of aliphatic hydroxyl groups excluding tert-OH is 1. The van der Waals surface area contributed by atoms with E-state index in [4.69, 9.17) is 5.11 Å². The van der Waals surface area contributed by atoms with Crippen molar-refractivity contribution in [3.05, 3.63) is 11.6 Å². The molecule has 1 aromatic heterocycles. The third-order valence-corrected chi connectivity index (χ3v) is 3.16. The van der Waals surface area contributed by atoms with Crippen molar-refractivity contribution in [3.8, 4) is 0 Å². The maximum Gasteiger partial charge on any atom is 0.326 e. The zero-order valence-corrected chi connectivity index (χ0v) is 9.55. The van der Waals surface area contributed by atoms with Crippen LogP contribution in [0, 0.1) is 0 Å². The number of carboxylic acid groups (broad SMARTS) is 1. The van der Waals surface area contributed by atoms with Gasteiger partial charge in [-0.25, -0.2) is 14.6 Å². The summed E-state index contributed by atoms with van der Waals surface area (Å²) in [5.74, 6) is -1.11. The molecule has 0 bridgehead atoms. The van der Waals surface area contributed by atoms with Crippen LogP contribution in [-0.4, -0.2) is 50.8 Å². The van der Waals surface area contributed by atoms with E-state index in [1.807, 2.05) is 0 Å². The molecule has 3 N–H and O–H groups in total. The molecule has 7 nitrogen and oxygen atoms in total. The van der Waals surface area contributed by atoms with E-state index in [1.165, 1.54) is 17.5 Å². The summed E-state index contributed by atoms with van der Waals surface area (Å²) in [5.41, 5.74) is 0. The Morgan fingerprint density at radius 1 is 1.59 bits per heavy atom. The van der Waals surface area contributed by atoms with Crippen LogP contribution in [-0.2, 0) is 4.79 Å². The first kappa shape index (κ1) is 11.8. The number of nitrogens with one attached hydrogen (secondary N) is 1. The zero-order valence-electron chi connectivity index (χ0n) is 8.74. The first-order valence-corrected chi connectivity index (χ1v) is 5.84. The van der Waals surface area contributed by atoms with E-state index in [9.17, 15) is 14.7 Å². The first-order chi connectivity index (χ1) is 8.08. The van der Waals surface area contributed by atoms with Crippen LogP contribution in [0.15, 0.2) is 11.6 Å². The fraction of sp³-hybridized carbons (Fsp3) is 0.444. The van der Waals surface area contributed by atoms with Crippen LogP contribution in [0.5, 0.6) is 0 Å². The molecule has 0 aliphatic carbocycles. The first-order valence-electron chi connectivity index (χ1n) is 4.96. The number of thiazole rings is 1. The van der Waals surface area contributed by atoms with Crippen molar-refractivity contribution < 1.29 is 19.8 Å². The lowest BCUT2D eigenvalue weighted by atomic mass is 10.2. The summed E-state index contributed by atoms with van der Waals surface area (Å²) >= 11 is 1.24. The van der Waals surface area contributed by atoms with Gasteiger partial charge in [-0.15, -0.1) is 11.3 Å². The highest BCUT2D eigenvalue weighted by Crippen LogP contribution is 2.20. The van der Waals surface area contributed by atoms with Crippen LogP contribution < -0.4 is 5.32 Å². The highest BCUT2D eigenvalue weighted by molar-refractivity contribution is 7.13. The zero-order chi connectivity index (χ0) is 12.4. The Kier molecular flexibility index (Phi) is 3.25. The molecule has 1 saturated heterocycles. The van der Waals surface area contributed by atoms with Crippen LogP contribution in [0.25, 0.3) is 0 Å². The molecule has 17 heavy (non-hydrogen) atoms. The van der Waals surface area contributed by atoms with E-state index >= 15 is 0 Å². The molecule has 2 rings (SSSR count). The van der Waals surface area contributed by atoms with Gasteiger partial charge in [0.1, 0.15) is 6.04 Å². The van der Waals surface area contributed by atoms with Gasteiger partial charge in [0.25, 0.3) is 0 Å². The number of hydrogen-bond acceptors (Lipinski definition) is 5. The maximum atomic E-state index is 11.8. The molecule has 92 valence electrons. The number of likely N-dealkylation sites (tertiary alicyclic amines) is 1. The predicted octanol–water partition coefficient (Wildman–Crippen LogP) is 0.195. The van der Waals surface area contributed by atoms with E-state index in [0.29, 0.717) is 5.13 Å². The van der Waals surface area contributed by atoms with Crippen molar-refractivity contribution in [1.29, 1.82) is 0 Å². The van der Waals surface area contributed by atoms with Crippen LogP contribution in [0.3, 0.4) is 0 Å². The SMILES string of the molecule is O=C(O)[C@@H]1CC(O)CN1C(=O)Nc1nccs1. The summed E-state index contributed by atoms with van der Waals surface area (Å²) in [7, 11) is 0. The molecule has 0 aromatic carbocycles. The second kappa shape index (κ2) is 4.68. The second-order valence-electron chi connectivity index (χ2n) is 3.66. The van der Waals surface area contributed by atoms with Gasteiger partial charge in [-0.05, 0) is 0 Å². The lowest BCUT2D eigenvalue weighted by Crippen LogP contribution is -2.43. The Morgan fingerprint density at radius 2 is 2.35 bits per heavy atom. The molecule has 2 amide bonds. The quantitative estimate of drug-likeness (QED) is 0.702. The fourth-order valence-corrected chi connectivity index (χ4v) is 2.24. The molecule has 1 unspecified atom stereocenters. The minimum absolute atomic E-state index is 0.0220. The summed E-state index contributed by atoms with van der Waals surface area (Å²) in [4.78, 5) is 27.7. The summed E-state index contributed by atoms with van der Waals surface area (Å²) in [5, 5.41) is 22.9. The maximum absolute atomic E-state index is 11.8. The number of aliphatic carboxylic acids is 1. The number of hydrogen-bond donors (Lipinski definition) is 3. The Hall–Kier alpha value is -1.67. The van der Waals surface area contributed by atoms with E-state index in [0.717, 1.165) is 4.90 Å². The molecule has 8 heteroatoms. The number of carboxylic acids is 1. The summed E-state index contributed by atoms with van der Waals surface area (Å²) in [6, 6.07) is -1.53. The summed E-state index contributed by atoms with van der Waals surface area (Å²) < 4.78 is 0. The van der Waals surface area contributed by atoms with Crippen molar-refractivity contribution in [1.82, 2.24) is 9.88 Å². The van der Waals surface area contributed by atoms with Crippen molar-refractivity contribution >= 4 is 28.5 Å². The number of aromatic nitrogens is 1. The largest absolute Gasteiger partial charge is 0.480 e. The van der Waals surface area contributed by atoms with Crippen LogP contribution in [0.4, 0.5) is 9.93 Å². The molecule has 1 aliphatic rings. The van der Waals surface area contributed by atoms with Crippen molar-refractivity contribution in [2.75, 3.05) is 11.9 Å². The highest BCUT2D eigenvalue weighted by Gasteiger charge is 2.39. The van der Waals surface area contributed by atoms with Gasteiger partial charge in [0.05, 0.1) is 6.10 Å². The molecule has 0 radical (unpaired) electrons.